The van der Waals surface area contributed by atoms with Crippen LogP contribution >= 0.6 is 0 Å². The van der Waals surface area contributed by atoms with Crippen LogP contribution in [0.1, 0.15) is 11.1 Å². The van der Waals surface area contributed by atoms with E-state index in [9.17, 15) is 26.3 Å². The van der Waals surface area contributed by atoms with Crippen molar-refractivity contribution in [1.82, 2.24) is 4.98 Å². The Morgan fingerprint density at radius 2 is 1.15 bits per heavy atom. The summed E-state index contributed by atoms with van der Waals surface area (Å²) in [5.74, 6) is 0. The number of hydrogen-bond donors (Lipinski definition) is 0. The molecule has 0 saturated heterocycles. The lowest BCUT2D eigenvalue weighted by Crippen LogP contribution is -2.05. The summed E-state index contributed by atoms with van der Waals surface area (Å²) in [7, 11) is 0. The van der Waals surface area contributed by atoms with E-state index in [1.54, 1.807) is 0 Å². The fraction of sp³-hybridized carbons (Fsp3) is 0.105. The molecule has 0 atom stereocenters. The summed E-state index contributed by atoms with van der Waals surface area (Å²) in [6.07, 6.45) is -7.66. The van der Waals surface area contributed by atoms with Crippen LogP contribution in [-0.4, -0.2) is 4.98 Å². The largest absolute Gasteiger partial charge is 0.416 e. The van der Waals surface area contributed by atoms with E-state index in [-0.39, 0.29) is 16.8 Å². The highest BCUT2D eigenvalue weighted by Crippen LogP contribution is 2.37. The summed E-state index contributed by atoms with van der Waals surface area (Å²) in [6.45, 7) is 0. The Bertz CT molecular complexity index is 851. The third-order valence-electron chi connectivity index (χ3n) is 3.77. The predicted molar refractivity (Wildman–Crippen MR) is 85.1 cm³/mol. The van der Waals surface area contributed by atoms with Crippen LogP contribution < -0.4 is 0 Å². The van der Waals surface area contributed by atoms with E-state index in [1.165, 1.54) is 42.6 Å². The third kappa shape index (κ3) is 3.71. The molecular formula is C19H11F6N. The summed E-state index contributed by atoms with van der Waals surface area (Å²) in [5, 5.41) is 0. The Balaban J connectivity index is 2.14. The van der Waals surface area contributed by atoms with Crippen molar-refractivity contribution in [2.75, 3.05) is 0 Å². The maximum atomic E-state index is 13.0. The summed E-state index contributed by atoms with van der Waals surface area (Å²) in [4.78, 5) is 4.09. The molecule has 0 N–H and O–H groups in total. The Hall–Kier alpha value is -2.83. The van der Waals surface area contributed by atoms with Gasteiger partial charge in [0.1, 0.15) is 0 Å². The highest BCUT2D eigenvalue weighted by Gasteiger charge is 2.32. The van der Waals surface area contributed by atoms with Gasteiger partial charge in [0.15, 0.2) is 0 Å². The van der Waals surface area contributed by atoms with Gasteiger partial charge in [0, 0.05) is 17.3 Å². The van der Waals surface area contributed by atoms with Gasteiger partial charge >= 0.3 is 12.4 Å². The van der Waals surface area contributed by atoms with Gasteiger partial charge < -0.3 is 0 Å². The Morgan fingerprint density at radius 1 is 0.615 bits per heavy atom. The van der Waals surface area contributed by atoms with Gasteiger partial charge in [-0.15, -0.1) is 0 Å². The Morgan fingerprint density at radius 3 is 1.73 bits per heavy atom. The minimum atomic E-state index is -4.53. The normalized spacial score (nSPS) is 12.2. The van der Waals surface area contributed by atoms with Crippen LogP contribution in [0.25, 0.3) is 22.4 Å². The fourth-order valence-corrected chi connectivity index (χ4v) is 2.57. The average molecular weight is 367 g/mol. The maximum absolute atomic E-state index is 13.0. The molecular weight excluding hydrogens is 356 g/mol. The number of halogens is 6. The zero-order valence-electron chi connectivity index (χ0n) is 13.1. The first-order valence-electron chi connectivity index (χ1n) is 7.46. The second-order valence-electron chi connectivity index (χ2n) is 5.56. The van der Waals surface area contributed by atoms with Crippen LogP contribution in [0.15, 0.2) is 66.9 Å². The molecule has 0 radical (unpaired) electrons. The second kappa shape index (κ2) is 6.48. The monoisotopic (exact) mass is 367 g/mol. The van der Waals surface area contributed by atoms with Crippen molar-refractivity contribution in [3.63, 3.8) is 0 Å². The molecule has 134 valence electrons. The molecule has 1 heterocycles. The van der Waals surface area contributed by atoms with Crippen molar-refractivity contribution in [2.45, 2.75) is 12.4 Å². The topological polar surface area (TPSA) is 12.9 Å². The minimum absolute atomic E-state index is 0.174. The molecule has 26 heavy (non-hydrogen) atoms. The quantitative estimate of drug-likeness (QED) is 0.474. The number of pyridine rings is 1. The standard InChI is InChI=1S/C19H11F6N/c20-18(21,22)14-6-1-4-12(10-14)16-8-3-9-26-17(16)13-5-2-7-15(11-13)19(23,24)25/h1-11H. The summed E-state index contributed by atoms with van der Waals surface area (Å²) in [6, 6.07) is 12.2. The number of aromatic nitrogens is 1. The van der Waals surface area contributed by atoms with Gasteiger partial charge in [-0.2, -0.15) is 26.3 Å². The minimum Gasteiger partial charge on any atom is -0.256 e. The van der Waals surface area contributed by atoms with Gasteiger partial charge in [-0.3, -0.25) is 4.98 Å². The first-order valence-corrected chi connectivity index (χ1v) is 7.46. The average Bonchev–Trinajstić information content (AvgIpc) is 2.60. The van der Waals surface area contributed by atoms with E-state index in [2.05, 4.69) is 4.98 Å². The molecule has 0 aliphatic rings. The smallest absolute Gasteiger partial charge is 0.256 e. The van der Waals surface area contributed by atoms with Crippen LogP contribution in [0.3, 0.4) is 0 Å². The highest BCUT2D eigenvalue weighted by atomic mass is 19.4. The molecule has 3 rings (SSSR count). The van der Waals surface area contributed by atoms with Crippen molar-refractivity contribution in [2.24, 2.45) is 0 Å². The molecule has 0 bridgehead atoms. The van der Waals surface area contributed by atoms with Gasteiger partial charge in [-0.05, 0) is 35.9 Å². The van der Waals surface area contributed by atoms with Gasteiger partial charge in [-0.1, -0.05) is 30.3 Å². The van der Waals surface area contributed by atoms with E-state index in [0.29, 0.717) is 5.56 Å². The van der Waals surface area contributed by atoms with Crippen molar-refractivity contribution < 1.29 is 26.3 Å². The summed E-state index contributed by atoms with van der Waals surface area (Å²) < 4.78 is 77.7. The fourth-order valence-electron chi connectivity index (χ4n) is 2.57. The SMILES string of the molecule is FC(F)(F)c1cccc(-c2cccnc2-c2cccc(C(F)(F)F)c2)c1. The molecule has 3 aromatic rings. The second-order valence-corrected chi connectivity index (χ2v) is 5.56. The highest BCUT2D eigenvalue weighted by molar-refractivity contribution is 5.81. The molecule has 0 unspecified atom stereocenters. The predicted octanol–water partition coefficient (Wildman–Crippen LogP) is 6.45. The van der Waals surface area contributed by atoms with E-state index >= 15 is 0 Å². The molecule has 7 heteroatoms. The van der Waals surface area contributed by atoms with Crippen LogP contribution in [0.2, 0.25) is 0 Å². The van der Waals surface area contributed by atoms with Gasteiger partial charge in [0.05, 0.1) is 16.8 Å². The number of benzene rings is 2. The van der Waals surface area contributed by atoms with Crippen molar-refractivity contribution in [3.05, 3.63) is 78.0 Å². The van der Waals surface area contributed by atoms with E-state index in [1.807, 2.05) is 0 Å². The number of hydrogen-bond acceptors (Lipinski definition) is 1. The van der Waals surface area contributed by atoms with Gasteiger partial charge in [-0.25, -0.2) is 0 Å². The molecule has 0 aliphatic carbocycles. The molecule has 1 nitrogen and oxygen atoms in total. The molecule has 1 aromatic heterocycles. The zero-order chi connectivity index (χ0) is 18.9. The van der Waals surface area contributed by atoms with E-state index < -0.39 is 23.5 Å². The molecule has 0 fully saturated rings. The van der Waals surface area contributed by atoms with Crippen LogP contribution in [-0.2, 0) is 12.4 Å². The van der Waals surface area contributed by atoms with E-state index in [0.717, 1.165) is 24.3 Å². The number of nitrogens with zero attached hydrogens (tertiary/aromatic N) is 1. The van der Waals surface area contributed by atoms with E-state index in [4.69, 9.17) is 0 Å². The summed E-state index contributed by atoms with van der Waals surface area (Å²) in [5.41, 5.74) is -0.798. The van der Waals surface area contributed by atoms with Crippen molar-refractivity contribution in [1.29, 1.82) is 0 Å². The number of rotatable bonds is 2. The van der Waals surface area contributed by atoms with Gasteiger partial charge in [0.25, 0.3) is 0 Å². The lowest BCUT2D eigenvalue weighted by molar-refractivity contribution is -0.138. The maximum Gasteiger partial charge on any atom is 0.416 e. The molecule has 0 spiro atoms. The van der Waals surface area contributed by atoms with Crippen molar-refractivity contribution in [3.8, 4) is 22.4 Å². The first kappa shape index (κ1) is 18.0. The molecule has 0 aliphatic heterocycles. The Kier molecular flexibility index (Phi) is 4.48. The molecule has 0 saturated carbocycles. The Labute approximate surface area is 144 Å². The van der Waals surface area contributed by atoms with Crippen LogP contribution in [0, 0.1) is 0 Å². The van der Waals surface area contributed by atoms with Gasteiger partial charge in [0.2, 0.25) is 0 Å². The van der Waals surface area contributed by atoms with Crippen LogP contribution in [0.5, 0.6) is 0 Å². The number of alkyl halides is 6. The molecule has 2 aromatic carbocycles. The first-order chi connectivity index (χ1) is 12.2. The zero-order valence-corrected chi connectivity index (χ0v) is 13.1. The van der Waals surface area contributed by atoms with Crippen LogP contribution in [0.4, 0.5) is 26.3 Å². The summed E-state index contributed by atoms with van der Waals surface area (Å²) >= 11 is 0. The lowest BCUT2D eigenvalue weighted by Gasteiger charge is -2.13. The third-order valence-corrected chi connectivity index (χ3v) is 3.77. The van der Waals surface area contributed by atoms with Crippen molar-refractivity contribution >= 4 is 0 Å². The lowest BCUT2D eigenvalue weighted by atomic mass is 9.97. The molecule has 0 amide bonds.